The normalized spacial score (nSPS) is 21.4. The molecular formula is C26H22FN5O5. The highest BCUT2D eigenvalue weighted by Crippen LogP contribution is 2.46. The summed E-state index contributed by atoms with van der Waals surface area (Å²) in [7, 11) is 0. The fourth-order valence-electron chi connectivity index (χ4n) is 5.31. The van der Waals surface area contributed by atoms with Gasteiger partial charge >= 0.3 is 6.09 Å². The third kappa shape index (κ3) is 3.45. The van der Waals surface area contributed by atoms with Crippen LogP contribution in [-0.2, 0) is 9.53 Å². The predicted molar refractivity (Wildman–Crippen MR) is 131 cm³/mol. The molecule has 2 aromatic heterocycles. The number of nitrogens with zero attached hydrogens (tertiary/aromatic N) is 4. The van der Waals surface area contributed by atoms with Crippen LogP contribution in [-0.4, -0.2) is 47.8 Å². The summed E-state index contributed by atoms with van der Waals surface area (Å²) in [5.74, 6) is 0.873. The Morgan fingerprint density at radius 3 is 2.73 bits per heavy atom. The van der Waals surface area contributed by atoms with Gasteiger partial charge in [-0.3, -0.25) is 9.69 Å². The van der Waals surface area contributed by atoms with Gasteiger partial charge in [-0.15, -0.1) is 0 Å². The van der Waals surface area contributed by atoms with Crippen LogP contribution in [0.3, 0.4) is 0 Å². The van der Waals surface area contributed by atoms with E-state index in [1.165, 1.54) is 11.0 Å². The zero-order valence-corrected chi connectivity index (χ0v) is 19.9. The van der Waals surface area contributed by atoms with Gasteiger partial charge < -0.3 is 24.4 Å². The van der Waals surface area contributed by atoms with Gasteiger partial charge in [0, 0.05) is 41.9 Å². The van der Waals surface area contributed by atoms with Crippen molar-refractivity contribution in [3.8, 4) is 22.8 Å². The smallest absolute Gasteiger partial charge is 0.415 e. The number of nitrogens with one attached hydrogen (secondary N) is 1. The summed E-state index contributed by atoms with van der Waals surface area (Å²) in [5, 5.41) is 3.22. The van der Waals surface area contributed by atoms with E-state index < -0.39 is 11.9 Å². The van der Waals surface area contributed by atoms with Crippen molar-refractivity contribution in [3.05, 3.63) is 48.0 Å². The molecule has 11 heteroatoms. The maximum absolute atomic E-state index is 15.1. The molecule has 4 aliphatic rings. The third-order valence-corrected chi connectivity index (χ3v) is 7.12. The van der Waals surface area contributed by atoms with Gasteiger partial charge in [-0.1, -0.05) is 0 Å². The molecule has 0 radical (unpaired) electrons. The van der Waals surface area contributed by atoms with Gasteiger partial charge in [0.15, 0.2) is 0 Å². The molecular weight excluding hydrogens is 481 g/mol. The third-order valence-electron chi connectivity index (χ3n) is 7.12. The van der Waals surface area contributed by atoms with Crippen molar-refractivity contribution in [1.82, 2.24) is 9.97 Å². The monoisotopic (exact) mass is 503 g/mol. The zero-order chi connectivity index (χ0) is 25.3. The number of carbonyl (C=O) groups excluding carboxylic acids is 2. The highest BCUT2D eigenvalue weighted by atomic mass is 19.1. The number of aromatic nitrogens is 2. The minimum atomic E-state index is -0.471. The second-order valence-corrected chi connectivity index (χ2v) is 9.45. The molecule has 4 aliphatic heterocycles. The number of carbonyl (C=O) groups is 2. The first-order valence-corrected chi connectivity index (χ1v) is 12.1. The standard InChI is InChI=1S/C26H22FN5O5/c1-13-16-7-23(30-14-5-21-25(29-9-14)35-11-15-12-36-26(34)32(15)21)28-10-18(16)17-6-19(27)20(8-22(17)37-13)31-4-2-3-24(31)33/h5-10,13,15H,2-4,11-12H2,1H3,(H,28,30)/t13?,15-/m1/s1. The maximum atomic E-state index is 15.1. The van der Waals surface area contributed by atoms with E-state index in [0.717, 1.165) is 11.1 Å². The lowest BCUT2D eigenvalue weighted by atomic mass is 9.94. The molecule has 6 heterocycles. The van der Waals surface area contributed by atoms with E-state index in [1.807, 2.05) is 13.0 Å². The molecule has 1 N–H and O–H groups in total. The minimum absolute atomic E-state index is 0.0825. The van der Waals surface area contributed by atoms with E-state index in [0.29, 0.717) is 60.4 Å². The van der Waals surface area contributed by atoms with E-state index in [1.54, 1.807) is 29.4 Å². The highest BCUT2D eigenvalue weighted by Gasteiger charge is 2.40. The fraction of sp³-hybridized carbons (Fsp3) is 0.308. The Morgan fingerprint density at radius 2 is 1.89 bits per heavy atom. The number of hydrogen-bond acceptors (Lipinski definition) is 8. The largest absolute Gasteiger partial charge is 0.485 e. The van der Waals surface area contributed by atoms with Gasteiger partial charge in [-0.05, 0) is 31.5 Å². The summed E-state index contributed by atoms with van der Waals surface area (Å²) in [4.78, 5) is 36.3. The molecule has 1 unspecified atom stereocenters. The van der Waals surface area contributed by atoms with Crippen LogP contribution in [0, 0.1) is 5.82 Å². The van der Waals surface area contributed by atoms with E-state index in [2.05, 4.69) is 15.3 Å². The van der Waals surface area contributed by atoms with E-state index in [9.17, 15) is 9.59 Å². The van der Waals surface area contributed by atoms with Crippen LogP contribution >= 0.6 is 0 Å². The molecule has 2 saturated heterocycles. The van der Waals surface area contributed by atoms with E-state index in [-0.39, 0.29) is 30.3 Å². The first-order chi connectivity index (χ1) is 18.0. The first kappa shape index (κ1) is 21.8. The van der Waals surface area contributed by atoms with Crippen molar-refractivity contribution in [2.75, 3.05) is 34.9 Å². The number of fused-ring (bicyclic) bond motifs is 6. The summed E-state index contributed by atoms with van der Waals surface area (Å²) in [5.41, 5.74) is 3.59. The number of amides is 2. The van der Waals surface area contributed by atoms with Gasteiger partial charge in [0.1, 0.15) is 48.4 Å². The first-order valence-electron chi connectivity index (χ1n) is 12.1. The predicted octanol–water partition coefficient (Wildman–Crippen LogP) is 4.32. The lowest BCUT2D eigenvalue weighted by Crippen LogP contribution is -2.41. The van der Waals surface area contributed by atoms with Crippen LogP contribution in [0.4, 0.5) is 32.1 Å². The lowest BCUT2D eigenvalue weighted by molar-refractivity contribution is -0.117. The molecule has 188 valence electrons. The fourth-order valence-corrected chi connectivity index (χ4v) is 5.31. The highest BCUT2D eigenvalue weighted by molar-refractivity contribution is 5.96. The second kappa shape index (κ2) is 8.05. The van der Waals surface area contributed by atoms with Crippen LogP contribution in [0.5, 0.6) is 11.6 Å². The van der Waals surface area contributed by atoms with Gasteiger partial charge in [-0.25, -0.2) is 19.2 Å². The SMILES string of the molecule is CC1Oc2cc(N3CCCC3=O)c(F)cc2-c2cnc(Nc3cnc4c(c3)N3C(=O)OC[C@H]3CO4)cc21. The summed E-state index contributed by atoms with van der Waals surface area (Å²) in [6.07, 6.45) is 3.67. The number of halogens is 1. The molecule has 0 bridgehead atoms. The summed E-state index contributed by atoms with van der Waals surface area (Å²) in [6, 6.07) is 6.46. The molecule has 2 atom stereocenters. The average molecular weight is 503 g/mol. The van der Waals surface area contributed by atoms with Crippen LogP contribution < -0.4 is 24.6 Å². The van der Waals surface area contributed by atoms with Gasteiger partial charge in [0.25, 0.3) is 0 Å². The summed E-state index contributed by atoms with van der Waals surface area (Å²) in [6.45, 7) is 3.02. The lowest BCUT2D eigenvalue weighted by Gasteiger charge is -2.29. The molecule has 0 aliphatic carbocycles. The topological polar surface area (TPSA) is 106 Å². The average Bonchev–Trinajstić information content (AvgIpc) is 3.49. The van der Waals surface area contributed by atoms with Crippen molar-refractivity contribution < 1.29 is 28.2 Å². The van der Waals surface area contributed by atoms with E-state index >= 15 is 4.39 Å². The van der Waals surface area contributed by atoms with E-state index in [4.69, 9.17) is 14.2 Å². The van der Waals surface area contributed by atoms with Crippen molar-refractivity contribution in [1.29, 1.82) is 0 Å². The van der Waals surface area contributed by atoms with Crippen LogP contribution in [0.2, 0.25) is 0 Å². The number of pyridine rings is 2. The summed E-state index contributed by atoms with van der Waals surface area (Å²) < 4.78 is 32.0. The molecule has 1 aromatic carbocycles. The van der Waals surface area contributed by atoms with Gasteiger partial charge in [0.2, 0.25) is 11.8 Å². The van der Waals surface area contributed by atoms with Crippen LogP contribution in [0.25, 0.3) is 11.1 Å². The van der Waals surface area contributed by atoms with Crippen molar-refractivity contribution in [2.45, 2.75) is 31.9 Å². The molecule has 3 aromatic rings. The van der Waals surface area contributed by atoms with Crippen molar-refractivity contribution in [3.63, 3.8) is 0 Å². The number of rotatable bonds is 3. The van der Waals surface area contributed by atoms with Crippen LogP contribution in [0.1, 0.15) is 31.4 Å². The maximum Gasteiger partial charge on any atom is 0.415 e. The molecule has 0 saturated carbocycles. The molecule has 7 rings (SSSR count). The van der Waals surface area contributed by atoms with Crippen LogP contribution in [0.15, 0.2) is 36.7 Å². The Labute approximate surface area is 211 Å². The minimum Gasteiger partial charge on any atom is -0.485 e. The van der Waals surface area contributed by atoms with Crippen molar-refractivity contribution in [2.24, 2.45) is 0 Å². The molecule has 2 fully saturated rings. The molecule has 37 heavy (non-hydrogen) atoms. The number of ether oxygens (including phenoxy) is 3. The number of anilines is 4. The molecule has 10 nitrogen and oxygen atoms in total. The Hall–Kier alpha value is -4.41. The number of benzene rings is 1. The summed E-state index contributed by atoms with van der Waals surface area (Å²) >= 11 is 0. The number of cyclic esters (lactones) is 1. The molecule has 0 spiro atoms. The second-order valence-electron chi connectivity index (χ2n) is 9.45. The number of hydrogen-bond donors (Lipinski definition) is 1. The van der Waals surface area contributed by atoms with Gasteiger partial charge in [0.05, 0.1) is 17.6 Å². The zero-order valence-electron chi connectivity index (χ0n) is 19.9. The van der Waals surface area contributed by atoms with Gasteiger partial charge in [-0.2, -0.15) is 0 Å². The quantitative estimate of drug-likeness (QED) is 0.563. The Kier molecular flexibility index (Phi) is 4.75. The van der Waals surface area contributed by atoms with Crippen molar-refractivity contribution >= 4 is 34.9 Å². The Bertz CT molecular complexity index is 1480. The molecule has 2 amide bonds. The Morgan fingerprint density at radius 1 is 1.03 bits per heavy atom. The Balaban J connectivity index is 1.20.